The number of aliphatic carboxylic acids is 1. The van der Waals surface area contributed by atoms with Crippen molar-refractivity contribution in [1.29, 1.82) is 0 Å². The summed E-state index contributed by atoms with van der Waals surface area (Å²) in [6.07, 6.45) is 2.01. The van der Waals surface area contributed by atoms with Crippen molar-refractivity contribution in [3.8, 4) is 0 Å². The molecule has 0 aromatic heterocycles. The molecule has 0 spiro atoms. The number of nitro groups is 1. The van der Waals surface area contributed by atoms with E-state index in [9.17, 15) is 14.9 Å². The molecule has 0 aliphatic carbocycles. The van der Waals surface area contributed by atoms with Crippen molar-refractivity contribution < 1.29 is 14.8 Å². The van der Waals surface area contributed by atoms with Gasteiger partial charge in [-0.1, -0.05) is 15.9 Å². The summed E-state index contributed by atoms with van der Waals surface area (Å²) in [6, 6.07) is 5.05. The molecule has 1 heterocycles. The molecule has 1 unspecified atom stereocenters. The lowest BCUT2D eigenvalue weighted by atomic mass is 9.94. The zero-order valence-electron chi connectivity index (χ0n) is 11.5. The van der Waals surface area contributed by atoms with Crippen molar-refractivity contribution in [2.45, 2.75) is 25.8 Å². The number of carbonyl (C=O) groups is 1. The highest BCUT2D eigenvalue weighted by atomic mass is 79.9. The van der Waals surface area contributed by atoms with Gasteiger partial charge in [0, 0.05) is 35.6 Å². The van der Waals surface area contributed by atoms with Crippen LogP contribution >= 0.6 is 15.9 Å². The smallest absolute Gasteiger partial charge is 0.303 e. The number of likely N-dealkylation sites (tertiary alicyclic amines) is 1. The second-order valence-corrected chi connectivity index (χ2v) is 6.29. The van der Waals surface area contributed by atoms with Crippen LogP contribution in [0.25, 0.3) is 0 Å². The first-order chi connectivity index (χ1) is 9.95. The largest absolute Gasteiger partial charge is 0.481 e. The fourth-order valence-corrected chi connectivity index (χ4v) is 3.14. The summed E-state index contributed by atoms with van der Waals surface area (Å²) in [7, 11) is 0. The van der Waals surface area contributed by atoms with E-state index < -0.39 is 5.97 Å². The minimum atomic E-state index is -0.781. The lowest BCUT2D eigenvalue weighted by Crippen LogP contribution is -2.35. The first-order valence-electron chi connectivity index (χ1n) is 6.82. The average Bonchev–Trinajstić information content (AvgIpc) is 2.40. The molecule has 0 radical (unpaired) electrons. The molecule has 1 aromatic carbocycles. The van der Waals surface area contributed by atoms with Crippen LogP contribution in [0.1, 0.15) is 24.8 Å². The van der Waals surface area contributed by atoms with Gasteiger partial charge < -0.3 is 5.11 Å². The molecule has 1 atom stereocenters. The topological polar surface area (TPSA) is 83.7 Å². The number of rotatable bonds is 5. The third-order valence-corrected chi connectivity index (χ3v) is 4.20. The predicted octanol–water partition coefficient (Wildman–Crippen LogP) is 3.04. The number of hydrogen-bond acceptors (Lipinski definition) is 4. The Hall–Kier alpha value is -1.47. The van der Waals surface area contributed by atoms with Gasteiger partial charge in [-0.3, -0.25) is 19.8 Å². The Kier molecular flexibility index (Phi) is 5.30. The van der Waals surface area contributed by atoms with Gasteiger partial charge in [-0.2, -0.15) is 0 Å². The van der Waals surface area contributed by atoms with E-state index in [2.05, 4.69) is 20.8 Å². The number of benzene rings is 1. The molecule has 0 bridgehead atoms. The number of halogens is 1. The molecule has 1 aliphatic rings. The van der Waals surface area contributed by atoms with Gasteiger partial charge in [-0.25, -0.2) is 0 Å². The maximum absolute atomic E-state index is 11.1. The van der Waals surface area contributed by atoms with Crippen molar-refractivity contribution in [3.63, 3.8) is 0 Å². The van der Waals surface area contributed by atoms with E-state index in [0.717, 1.165) is 19.4 Å². The Morgan fingerprint density at radius 1 is 1.52 bits per heavy atom. The van der Waals surface area contributed by atoms with E-state index in [1.54, 1.807) is 12.1 Å². The SMILES string of the molecule is O=C(O)CC1CCCN(Cc2ccc(Br)cc2[N+](=O)[O-])C1. The van der Waals surface area contributed by atoms with E-state index in [4.69, 9.17) is 5.11 Å². The van der Waals surface area contributed by atoms with Crippen molar-refractivity contribution >= 4 is 27.6 Å². The van der Waals surface area contributed by atoms with Crippen LogP contribution in [0.3, 0.4) is 0 Å². The molecule has 1 aliphatic heterocycles. The van der Waals surface area contributed by atoms with E-state index in [1.165, 1.54) is 6.07 Å². The highest BCUT2D eigenvalue weighted by Crippen LogP contribution is 2.27. The average molecular weight is 357 g/mol. The minimum Gasteiger partial charge on any atom is -0.481 e. The van der Waals surface area contributed by atoms with Crippen LogP contribution in [0.5, 0.6) is 0 Å². The molecule has 0 amide bonds. The number of nitrogens with zero attached hydrogens (tertiary/aromatic N) is 2. The van der Waals surface area contributed by atoms with Gasteiger partial charge in [0.2, 0.25) is 0 Å². The van der Waals surface area contributed by atoms with Gasteiger partial charge in [-0.15, -0.1) is 0 Å². The summed E-state index contributed by atoms with van der Waals surface area (Å²) >= 11 is 3.24. The monoisotopic (exact) mass is 356 g/mol. The molecule has 1 N–H and O–H groups in total. The Labute approximate surface area is 131 Å². The molecule has 1 fully saturated rings. The number of hydrogen-bond donors (Lipinski definition) is 1. The second kappa shape index (κ2) is 7.00. The summed E-state index contributed by atoms with van der Waals surface area (Å²) in [4.78, 5) is 23.6. The number of carboxylic acids is 1. The number of piperidine rings is 1. The Balaban J connectivity index is 2.07. The van der Waals surface area contributed by atoms with Crippen LogP contribution < -0.4 is 0 Å². The van der Waals surface area contributed by atoms with Crippen LogP contribution in [0.2, 0.25) is 0 Å². The van der Waals surface area contributed by atoms with Crippen molar-refractivity contribution in [2.75, 3.05) is 13.1 Å². The van der Waals surface area contributed by atoms with Crippen molar-refractivity contribution in [1.82, 2.24) is 4.90 Å². The Bertz CT molecular complexity index is 550. The minimum absolute atomic E-state index is 0.102. The van der Waals surface area contributed by atoms with Crippen LogP contribution in [-0.4, -0.2) is 34.0 Å². The molecule has 21 heavy (non-hydrogen) atoms. The summed E-state index contributed by atoms with van der Waals surface area (Å²) in [5.41, 5.74) is 0.768. The van der Waals surface area contributed by atoms with E-state index in [1.807, 2.05) is 0 Å². The summed E-state index contributed by atoms with van der Waals surface area (Å²) < 4.78 is 0.681. The first-order valence-corrected chi connectivity index (χ1v) is 7.62. The van der Waals surface area contributed by atoms with Crippen LogP contribution in [0.4, 0.5) is 5.69 Å². The third-order valence-electron chi connectivity index (χ3n) is 3.70. The standard InChI is InChI=1S/C14H17BrN2O4/c15-12-4-3-11(13(7-12)17(20)21)9-16-5-1-2-10(8-16)6-14(18)19/h3-4,7,10H,1-2,5-6,8-9H2,(H,18,19). The van der Waals surface area contributed by atoms with Gasteiger partial charge in [0.25, 0.3) is 5.69 Å². The van der Waals surface area contributed by atoms with Crippen molar-refractivity contribution in [3.05, 3.63) is 38.3 Å². The Morgan fingerprint density at radius 3 is 2.95 bits per heavy atom. The molecule has 1 aromatic rings. The molecule has 2 rings (SSSR count). The number of nitro benzene ring substituents is 1. The molecular formula is C14H17BrN2O4. The fraction of sp³-hybridized carbons (Fsp3) is 0.500. The Morgan fingerprint density at radius 2 is 2.29 bits per heavy atom. The molecule has 0 saturated carbocycles. The van der Waals surface area contributed by atoms with E-state index in [-0.39, 0.29) is 22.9 Å². The molecule has 6 nitrogen and oxygen atoms in total. The van der Waals surface area contributed by atoms with Gasteiger partial charge in [0.05, 0.1) is 4.92 Å². The van der Waals surface area contributed by atoms with Gasteiger partial charge in [0.1, 0.15) is 0 Å². The summed E-state index contributed by atoms with van der Waals surface area (Å²) in [5.74, 6) is -0.651. The summed E-state index contributed by atoms with van der Waals surface area (Å²) in [5, 5.41) is 20.0. The van der Waals surface area contributed by atoms with Crippen LogP contribution in [-0.2, 0) is 11.3 Å². The second-order valence-electron chi connectivity index (χ2n) is 5.37. The van der Waals surface area contributed by atoms with Gasteiger partial charge >= 0.3 is 5.97 Å². The number of carboxylic acid groups (broad SMARTS) is 1. The van der Waals surface area contributed by atoms with Crippen LogP contribution in [0, 0.1) is 16.0 Å². The van der Waals surface area contributed by atoms with Crippen LogP contribution in [0.15, 0.2) is 22.7 Å². The van der Waals surface area contributed by atoms with E-state index in [0.29, 0.717) is 23.1 Å². The third kappa shape index (κ3) is 4.50. The normalized spacial score (nSPS) is 19.4. The highest BCUT2D eigenvalue weighted by molar-refractivity contribution is 9.10. The van der Waals surface area contributed by atoms with E-state index >= 15 is 0 Å². The summed E-state index contributed by atoms with van der Waals surface area (Å²) in [6.45, 7) is 2.02. The lowest BCUT2D eigenvalue weighted by molar-refractivity contribution is -0.385. The molecule has 7 heteroatoms. The molecular weight excluding hydrogens is 340 g/mol. The first kappa shape index (κ1) is 15.9. The zero-order valence-corrected chi connectivity index (χ0v) is 13.1. The van der Waals surface area contributed by atoms with Gasteiger partial charge in [0.15, 0.2) is 0 Å². The molecule has 114 valence electrons. The zero-order chi connectivity index (χ0) is 15.4. The quantitative estimate of drug-likeness (QED) is 0.647. The maximum Gasteiger partial charge on any atom is 0.303 e. The fourth-order valence-electron chi connectivity index (χ4n) is 2.79. The highest BCUT2D eigenvalue weighted by Gasteiger charge is 2.24. The molecule has 1 saturated heterocycles. The lowest BCUT2D eigenvalue weighted by Gasteiger charge is -2.31. The van der Waals surface area contributed by atoms with Crippen molar-refractivity contribution in [2.24, 2.45) is 5.92 Å². The predicted molar refractivity (Wildman–Crippen MR) is 81.1 cm³/mol. The van der Waals surface area contributed by atoms with Gasteiger partial charge in [-0.05, 0) is 37.4 Å². The maximum atomic E-state index is 11.1.